The molecule has 0 aliphatic carbocycles. The topological polar surface area (TPSA) is 48.6 Å². The molecule has 0 atom stereocenters. The maximum absolute atomic E-state index is 11.1. The van der Waals surface area contributed by atoms with Gasteiger partial charge in [-0.1, -0.05) is 32.9 Å². The van der Waals surface area contributed by atoms with Gasteiger partial charge in [0.15, 0.2) is 0 Å². The first-order valence-electron chi connectivity index (χ1n) is 5.77. The zero-order valence-corrected chi connectivity index (χ0v) is 10.7. The number of nitrogens with one attached hydrogen (secondary N) is 2. The van der Waals surface area contributed by atoms with Crippen molar-refractivity contribution in [3.8, 4) is 11.3 Å². The molecule has 0 aliphatic rings. The molecule has 0 spiro atoms. The van der Waals surface area contributed by atoms with Crippen LogP contribution in [0.1, 0.15) is 31.9 Å². The fourth-order valence-corrected chi connectivity index (χ4v) is 1.86. The molecule has 0 aliphatic heterocycles. The molecule has 3 heteroatoms. The molecule has 0 amide bonds. The third-order valence-electron chi connectivity index (χ3n) is 2.99. The molecule has 1 heterocycles. The van der Waals surface area contributed by atoms with Crippen molar-refractivity contribution in [2.75, 3.05) is 0 Å². The van der Waals surface area contributed by atoms with Gasteiger partial charge in [0.1, 0.15) is 0 Å². The maximum atomic E-state index is 11.1. The summed E-state index contributed by atoms with van der Waals surface area (Å²) in [6, 6.07) is 6.39. The maximum Gasteiger partial charge on any atom is 0.323 e. The fraction of sp³-hybridized carbons (Fsp3) is 0.357. The van der Waals surface area contributed by atoms with Crippen molar-refractivity contribution in [3.63, 3.8) is 0 Å². The molecule has 90 valence electrons. The Morgan fingerprint density at radius 2 is 1.88 bits per heavy atom. The Labute approximate surface area is 101 Å². The van der Waals surface area contributed by atoms with Crippen LogP contribution in [0.2, 0.25) is 0 Å². The van der Waals surface area contributed by atoms with Gasteiger partial charge in [0.2, 0.25) is 0 Å². The van der Waals surface area contributed by atoms with Crippen molar-refractivity contribution in [1.82, 2.24) is 9.97 Å². The Morgan fingerprint density at radius 1 is 1.18 bits per heavy atom. The molecule has 17 heavy (non-hydrogen) atoms. The predicted octanol–water partition coefficient (Wildman–Crippen LogP) is 2.98. The van der Waals surface area contributed by atoms with Crippen LogP contribution in [-0.4, -0.2) is 9.97 Å². The van der Waals surface area contributed by atoms with Gasteiger partial charge in [0.05, 0.1) is 5.69 Å². The van der Waals surface area contributed by atoms with Crippen molar-refractivity contribution in [2.24, 2.45) is 0 Å². The summed E-state index contributed by atoms with van der Waals surface area (Å²) in [5.74, 6) is 0. The highest BCUT2D eigenvalue weighted by atomic mass is 16.1. The summed E-state index contributed by atoms with van der Waals surface area (Å²) in [4.78, 5) is 16.6. The van der Waals surface area contributed by atoms with Crippen molar-refractivity contribution in [3.05, 3.63) is 46.0 Å². The van der Waals surface area contributed by atoms with Crippen LogP contribution in [-0.2, 0) is 5.41 Å². The van der Waals surface area contributed by atoms with E-state index in [0.717, 1.165) is 16.8 Å². The largest absolute Gasteiger partial charge is 0.323 e. The summed E-state index contributed by atoms with van der Waals surface area (Å²) >= 11 is 0. The lowest BCUT2D eigenvalue weighted by Gasteiger charge is -2.20. The third kappa shape index (κ3) is 2.33. The Balaban J connectivity index is 2.58. The van der Waals surface area contributed by atoms with Crippen LogP contribution in [0.15, 0.2) is 29.2 Å². The van der Waals surface area contributed by atoms with Crippen LogP contribution < -0.4 is 5.69 Å². The summed E-state index contributed by atoms with van der Waals surface area (Å²) in [6.07, 6.45) is 1.72. The molecule has 1 aromatic heterocycles. The van der Waals surface area contributed by atoms with Gasteiger partial charge in [-0.15, -0.1) is 0 Å². The minimum atomic E-state index is -0.166. The quantitative estimate of drug-likeness (QED) is 0.777. The van der Waals surface area contributed by atoms with Gasteiger partial charge in [-0.25, -0.2) is 4.79 Å². The second-order valence-corrected chi connectivity index (χ2v) is 5.44. The SMILES string of the molecule is Cc1ccc(C(C)(C)C)cc1-c1c[nH]c(=O)[nH]1. The van der Waals surface area contributed by atoms with E-state index in [1.54, 1.807) is 6.20 Å². The van der Waals surface area contributed by atoms with E-state index in [1.807, 2.05) is 6.92 Å². The highest BCUT2D eigenvalue weighted by Gasteiger charge is 2.15. The molecule has 3 nitrogen and oxygen atoms in total. The minimum absolute atomic E-state index is 0.110. The molecule has 0 saturated carbocycles. The van der Waals surface area contributed by atoms with Crippen LogP contribution in [0.5, 0.6) is 0 Å². The standard InChI is InChI=1S/C14H18N2O/c1-9-5-6-10(14(2,3)4)7-11(9)12-8-15-13(17)16-12/h5-8H,1-4H3,(H2,15,16,17). The van der Waals surface area contributed by atoms with Gasteiger partial charge in [0, 0.05) is 11.8 Å². The zero-order chi connectivity index (χ0) is 12.6. The molecule has 1 aromatic carbocycles. The summed E-state index contributed by atoms with van der Waals surface area (Å²) in [5, 5.41) is 0. The molecule has 0 saturated heterocycles. The van der Waals surface area contributed by atoms with Crippen LogP contribution in [0.25, 0.3) is 11.3 Å². The van der Waals surface area contributed by atoms with Gasteiger partial charge in [-0.3, -0.25) is 0 Å². The zero-order valence-electron chi connectivity index (χ0n) is 10.7. The molecular formula is C14H18N2O. The van der Waals surface area contributed by atoms with E-state index in [-0.39, 0.29) is 11.1 Å². The van der Waals surface area contributed by atoms with E-state index in [0.29, 0.717) is 0 Å². The monoisotopic (exact) mass is 230 g/mol. The normalized spacial score (nSPS) is 11.8. The summed E-state index contributed by atoms with van der Waals surface area (Å²) < 4.78 is 0. The van der Waals surface area contributed by atoms with Crippen LogP contribution >= 0.6 is 0 Å². The first kappa shape index (κ1) is 11.7. The summed E-state index contributed by atoms with van der Waals surface area (Å²) in [5.41, 5.74) is 4.29. The molecule has 2 aromatic rings. The average Bonchev–Trinajstić information content (AvgIpc) is 2.63. The number of aromatic amines is 2. The first-order chi connectivity index (χ1) is 7.88. The van der Waals surface area contributed by atoms with Crippen molar-refractivity contribution >= 4 is 0 Å². The highest BCUT2D eigenvalue weighted by Crippen LogP contribution is 2.28. The van der Waals surface area contributed by atoms with Crippen molar-refractivity contribution < 1.29 is 0 Å². The number of rotatable bonds is 1. The van der Waals surface area contributed by atoms with E-state index in [4.69, 9.17) is 0 Å². The first-order valence-corrected chi connectivity index (χ1v) is 5.77. The summed E-state index contributed by atoms with van der Waals surface area (Å²) in [7, 11) is 0. The second kappa shape index (κ2) is 3.91. The smallest absolute Gasteiger partial charge is 0.312 e. The Morgan fingerprint density at radius 3 is 2.41 bits per heavy atom. The fourth-order valence-electron chi connectivity index (χ4n) is 1.86. The van der Waals surface area contributed by atoms with Gasteiger partial charge < -0.3 is 9.97 Å². The predicted molar refractivity (Wildman–Crippen MR) is 70.3 cm³/mol. The van der Waals surface area contributed by atoms with E-state index in [9.17, 15) is 4.79 Å². The number of hydrogen-bond acceptors (Lipinski definition) is 1. The molecule has 0 bridgehead atoms. The van der Waals surface area contributed by atoms with E-state index >= 15 is 0 Å². The average molecular weight is 230 g/mol. The number of aromatic nitrogens is 2. The van der Waals surface area contributed by atoms with Gasteiger partial charge in [-0.05, 0) is 29.5 Å². The van der Waals surface area contributed by atoms with Gasteiger partial charge in [-0.2, -0.15) is 0 Å². The lowest BCUT2D eigenvalue weighted by Crippen LogP contribution is -2.11. The van der Waals surface area contributed by atoms with Crippen LogP contribution in [0.3, 0.4) is 0 Å². The number of benzene rings is 1. The molecule has 0 unspecified atom stereocenters. The van der Waals surface area contributed by atoms with Crippen molar-refractivity contribution in [1.29, 1.82) is 0 Å². The molecular weight excluding hydrogens is 212 g/mol. The van der Waals surface area contributed by atoms with Crippen LogP contribution in [0.4, 0.5) is 0 Å². The van der Waals surface area contributed by atoms with Crippen molar-refractivity contribution in [2.45, 2.75) is 33.1 Å². The molecule has 0 radical (unpaired) electrons. The number of aryl methyl sites for hydroxylation is 1. The van der Waals surface area contributed by atoms with Gasteiger partial charge >= 0.3 is 5.69 Å². The molecule has 0 fully saturated rings. The van der Waals surface area contributed by atoms with Crippen LogP contribution in [0, 0.1) is 6.92 Å². The number of H-pyrrole nitrogens is 2. The minimum Gasteiger partial charge on any atom is -0.312 e. The Bertz CT molecular complexity index is 585. The summed E-state index contributed by atoms with van der Waals surface area (Å²) in [6.45, 7) is 8.59. The van der Waals surface area contributed by atoms with E-state index < -0.39 is 0 Å². The number of hydrogen-bond donors (Lipinski definition) is 2. The Hall–Kier alpha value is -1.77. The second-order valence-electron chi connectivity index (χ2n) is 5.44. The molecule has 2 rings (SSSR count). The van der Waals surface area contributed by atoms with Gasteiger partial charge in [0.25, 0.3) is 0 Å². The Kier molecular flexibility index (Phi) is 2.69. The third-order valence-corrected chi connectivity index (χ3v) is 2.99. The lowest BCUT2D eigenvalue weighted by molar-refractivity contribution is 0.590. The van der Waals surface area contributed by atoms with E-state index in [2.05, 4.69) is 48.9 Å². The van der Waals surface area contributed by atoms with E-state index in [1.165, 1.54) is 5.56 Å². The number of imidazole rings is 1. The molecule has 2 N–H and O–H groups in total. The highest BCUT2D eigenvalue weighted by molar-refractivity contribution is 5.64. The lowest BCUT2D eigenvalue weighted by atomic mass is 9.85.